The molecule has 0 spiro atoms. The van der Waals surface area contributed by atoms with Crippen molar-refractivity contribution in [1.29, 1.82) is 0 Å². The predicted molar refractivity (Wildman–Crippen MR) is 146 cm³/mol. The first-order valence-corrected chi connectivity index (χ1v) is 11.9. The molecule has 1 aliphatic rings. The van der Waals surface area contributed by atoms with E-state index < -0.39 is 6.09 Å². The summed E-state index contributed by atoms with van der Waals surface area (Å²) in [5.74, 6) is 0.0679. The van der Waals surface area contributed by atoms with Gasteiger partial charge in [-0.2, -0.15) is 0 Å². The van der Waals surface area contributed by atoms with E-state index >= 15 is 0 Å². The summed E-state index contributed by atoms with van der Waals surface area (Å²) in [6.07, 6.45) is 6.06. The lowest BCUT2D eigenvalue weighted by molar-refractivity contribution is 0.180. The van der Waals surface area contributed by atoms with E-state index in [0.29, 0.717) is 29.9 Å². The van der Waals surface area contributed by atoms with Crippen molar-refractivity contribution in [2.45, 2.75) is 32.2 Å². The molecule has 0 bridgehead atoms. The molecule has 0 radical (unpaired) electrons. The summed E-state index contributed by atoms with van der Waals surface area (Å²) in [6.45, 7) is 5.67. The minimum absolute atomic E-state index is 0.238. The van der Waals surface area contributed by atoms with Crippen LogP contribution in [0.5, 0.6) is 0 Å². The third kappa shape index (κ3) is 6.38. The van der Waals surface area contributed by atoms with E-state index in [0.717, 1.165) is 23.1 Å². The number of hydrogen-bond donors (Lipinski definition) is 3. The fourth-order valence-corrected chi connectivity index (χ4v) is 4.30. The van der Waals surface area contributed by atoms with Gasteiger partial charge in [0.2, 0.25) is 0 Å². The highest BCUT2D eigenvalue weighted by Crippen LogP contribution is 2.35. The van der Waals surface area contributed by atoms with Crippen LogP contribution in [0.3, 0.4) is 0 Å². The maximum Gasteiger partial charge on any atom is 0.413 e. The molecule has 0 fully saturated rings. The average Bonchev–Trinajstić information content (AvgIpc) is 3.00. The van der Waals surface area contributed by atoms with Gasteiger partial charge in [-0.25, -0.2) is 14.2 Å². The van der Waals surface area contributed by atoms with Crippen molar-refractivity contribution < 1.29 is 13.9 Å². The van der Waals surface area contributed by atoms with E-state index in [1.807, 2.05) is 13.0 Å². The summed E-state index contributed by atoms with van der Waals surface area (Å²) in [6, 6.07) is 6.28. The Balaban J connectivity index is 1.79. The molecule has 3 rings (SSSR count). The number of pyridine rings is 1. The molecule has 190 valence electrons. The molecule has 36 heavy (non-hydrogen) atoms. The summed E-state index contributed by atoms with van der Waals surface area (Å²) in [7, 11) is 2.83. The molecule has 11 heteroatoms. The fourth-order valence-electron chi connectivity index (χ4n) is 3.93. The van der Waals surface area contributed by atoms with E-state index in [4.69, 9.17) is 28.6 Å². The highest BCUT2D eigenvalue weighted by atomic mass is 35.5. The van der Waals surface area contributed by atoms with Crippen molar-refractivity contribution in [3.05, 3.63) is 76.4 Å². The van der Waals surface area contributed by atoms with Crippen LogP contribution >= 0.6 is 23.8 Å². The fraction of sp³-hybridized carbons (Fsp3) is 0.280. The molecule has 1 unspecified atom stereocenters. The highest BCUT2D eigenvalue weighted by Gasteiger charge is 2.26. The molecule has 1 heterocycles. The monoisotopic (exact) mass is 530 g/mol. The molecular formula is C25H28ClFN6O2S. The van der Waals surface area contributed by atoms with Crippen LogP contribution < -0.4 is 21.1 Å². The number of allylic oxidation sites excluding steroid dienone is 1. The lowest BCUT2D eigenvalue weighted by atomic mass is 9.92. The normalized spacial score (nSPS) is 15.1. The first-order valence-electron chi connectivity index (χ1n) is 11.1. The predicted octanol–water partition coefficient (Wildman–Crippen LogP) is 5.48. The van der Waals surface area contributed by atoms with Crippen LogP contribution in [0.4, 0.5) is 20.7 Å². The Hall–Kier alpha value is -3.50. The number of hydrazine groups is 1. The zero-order valence-corrected chi connectivity index (χ0v) is 21.8. The Labute approximate surface area is 220 Å². The van der Waals surface area contributed by atoms with Gasteiger partial charge in [0.1, 0.15) is 5.82 Å². The Morgan fingerprint density at radius 2 is 2.22 bits per heavy atom. The Bertz CT molecular complexity index is 1220. The van der Waals surface area contributed by atoms with Gasteiger partial charge in [-0.3, -0.25) is 20.7 Å². The van der Waals surface area contributed by atoms with Crippen LogP contribution in [0.25, 0.3) is 0 Å². The molecule has 0 aliphatic heterocycles. The van der Waals surface area contributed by atoms with Gasteiger partial charge in [0.15, 0.2) is 10.9 Å². The van der Waals surface area contributed by atoms with Crippen LogP contribution in [0.1, 0.15) is 36.9 Å². The number of carbonyl (C=O) groups excluding carboxylic acids is 1. The van der Waals surface area contributed by atoms with Crippen molar-refractivity contribution in [1.82, 2.24) is 15.7 Å². The molecule has 1 aliphatic carbocycles. The lowest BCUT2D eigenvalue weighted by Gasteiger charge is -2.25. The lowest BCUT2D eigenvalue weighted by Crippen LogP contribution is -2.41. The van der Waals surface area contributed by atoms with Crippen LogP contribution in [0.15, 0.2) is 59.4 Å². The SMILES string of the molecule is C=CN=CCC1=C(C)CCc2c(F)cccc2C1NC(=S)NNc1ncc(N(C)C(=O)OC)cc1Cl. The number of thiocarbonyl (C=S) groups is 1. The van der Waals surface area contributed by atoms with E-state index in [2.05, 4.69) is 32.7 Å². The number of methoxy groups -OCH3 is 1. The van der Waals surface area contributed by atoms with Gasteiger partial charge in [0, 0.05) is 25.9 Å². The van der Waals surface area contributed by atoms with Gasteiger partial charge in [0.25, 0.3) is 0 Å². The number of rotatable bonds is 7. The first kappa shape index (κ1) is 27.1. The van der Waals surface area contributed by atoms with Gasteiger partial charge >= 0.3 is 6.09 Å². The van der Waals surface area contributed by atoms with Gasteiger partial charge in [-0.15, -0.1) is 0 Å². The summed E-state index contributed by atoms with van der Waals surface area (Å²) in [5.41, 5.74) is 9.92. The highest BCUT2D eigenvalue weighted by molar-refractivity contribution is 7.80. The summed E-state index contributed by atoms with van der Waals surface area (Å²) >= 11 is 11.9. The van der Waals surface area contributed by atoms with Crippen molar-refractivity contribution in [2.75, 3.05) is 24.5 Å². The van der Waals surface area contributed by atoms with E-state index in [1.165, 1.54) is 30.5 Å². The second-order valence-electron chi connectivity index (χ2n) is 8.04. The number of nitrogens with zero attached hydrogens (tertiary/aromatic N) is 3. The number of fused-ring (bicyclic) bond motifs is 1. The van der Waals surface area contributed by atoms with Crippen molar-refractivity contribution in [3.8, 4) is 0 Å². The summed E-state index contributed by atoms with van der Waals surface area (Å²) in [4.78, 5) is 21.4. The Morgan fingerprint density at radius 1 is 1.44 bits per heavy atom. The maximum absolute atomic E-state index is 14.7. The molecule has 1 amide bonds. The van der Waals surface area contributed by atoms with Crippen molar-refractivity contribution in [2.24, 2.45) is 4.99 Å². The minimum atomic E-state index is -0.547. The number of ether oxygens (including phenoxy) is 1. The number of halogens is 2. The third-order valence-corrected chi connectivity index (χ3v) is 6.38. The molecule has 1 aromatic heterocycles. The molecule has 1 atom stereocenters. The quantitative estimate of drug-likeness (QED) is 0.189. The molecule has 3 N–H and O–H groups in total. The van der Waals surface area contributed by atoms with E-state index in [9.17, 15) is 9.18 Å². The molecule has 8 nitrogen and oxygen atoms in total. The molecule has 1 aromatic carbocycles. The number of carbonyl (C=O) groups is 1. The smallest absolute Gasteiger partial charge is 0.413 e. The Kier molecular flexibility index (Phi) is 9.38. The van der Waals surface area contributed by atoms with E-state index in [-0.39, 0.29) is 22.0 Å². The van der Waals surface area contributed by atoms with Gasteiger partial charge in [-0.05, 0) is 60.8 Å². The Morgan fingerprint density at radius 3 is 2.92 bits per heavy atom. The van der Waals surface area contributed by atoms with Crippen LogP contribution in [0.2, 0.25) is 5.02 Å². The number of anilines is 2. The standard InChI is InChI=1S/C25H28ClFN6O2S/c1-5-28-12-11-17-15(2)9-10-18-19(7-6-8-21(18)27)22(17)30-24(36)32-31-23-20(26)13-16(14-29-23)33(3)25(34)35-4/h5-8,12-14,22H,1,9-11H2,2-4H3,(H,29,31)(H2,30,32,36). The number of benzene rings is 1. The zero-order valence-electron chi connectivity index (χ0n) is 20.3. The number of hydrogen-bond acceptors (Lipinski definition) is 6. The number of amides is 1. The van der Waals surface area contributed by atoms with Crippen LogP contribution in [-0.4, -0.2) is 36.6 Å². The van der Waals surface area contributed by atoms with Gasteiger partial charge in [-0.1, -0.05) is 35.9 Å². The molecule has 0 saturated heterocycles. The van der Waals surface area contributed by atoms with Crippen molar-refractivity contribution >= 4 is 52.7 Å². The molecular weight excluding hydrogens is 503 g/mol. The first-order chi connectivity index (χ1) is 17.3. The van der Waals surface area contributed by atoms with E-state index in [1.54, 1.807) is 25.4 Å². The average molecular weight is 531 g/mol. The molecule has 2 aromatic rings. The van der Waals surface area contributed by atoms with Gasteiger partial charge < -0.3 is 10.1 Å². The number of aromatic nitrogens is 1. The van der Waals surface area contributed by atoms with Crippen LogP contribution in [-0.2, 0) is 11.2 Å². The minimum Gasteiger partial charge on any atom is -0.452 e. The van der Waals surface area contributed by atoms with Crippen LogP contribution in [0, 0.1) is 5.82 Å². The topological polar surface area (TPSA) is 90.9 Å². The zero-order chi connectivity index (χ0) is 26.2. The van der Waals surface area contributed by atoms with Crippen molar-refractivity contribution in [3.63, 3.8) is 0 Å². The third-order valence-electron chi connectivity index (χ3n) is 5.87. The second kappa shape index (κ2) is 12.5. The number of nitrogens with one attached hydrogen (secondary N) is 3. The number of aliphatic imine (C=N–C) groups is 1. The second-order valence-corrected chi connectivity index (χ2v) is 8.86. The largest absolute Gasteiger partial charge is 0.452 e. The maximum atomic E-state index is 14.7. The summed E-state index contributed by atoms with van der Waals surface area (Å²) < 4.78 is 19.4. The molecule has 0 saturated carbocycles. The summed E-state index contributed by atoms with van der Waals surface area (Å²) in [5, 5.41) is 3.82. The van der Waals surface area contributed by atoms with Gasteiger partial charge in [0.05, 0.1) is 30.1 Å².